The minimum absolute atomic E-state index is 0. The lowest BCUT2D eigenvalue weighted by atomic mass is 9.97. The lowest BCUT2D eigenvalue weighted by molar-refractivity contribution is 0.824. The Hall–Kier alpha value is -1.90. The van der Waals surface area contributed by atoms with Crippen molar-refractivity contribution < 1.29 is 5.48 Å². The first kappa shape index (κ1) is 11.6. The fourth-order valence-corrected chi connectivity index (χ4v) is 2.33. The van der Waals surface area contributed by atoms with Crippen LogP contribution in [-0.2, 0) is 6.54 Å². The van der Waals surface area contributed by atoms with E-state index in [0.29, 0.717) is 6.54 Å². The van der Waals surface area contributed by atoms with Gasteiger partial charge in [0, 0.05) is 6.54 Å². The molecule has 17 heavy (non-hydrogen) atoms. The molecule has 0 bridgehead atoms. The molecule has 0 heterocycles. The molecule has 0 unspecified atom stereocenters. The Morgan fingerprint density at radius 1 is 0.765 bits per heavy atom. The van der Waals surface area contributed by atoms with E-state index >= 15 is 0 Å². The molecule has 4 N–H and O–H groups in total. The number of benzene rings is 3. The van der Waals surface area contributed by atoms with Gasteiger partial charge in [-0.25, -0.2) is 0 Å². The zero-order valence-electron chi connectivity index (χ0n) is 9.48. The molecular weight excluding hydrogens is 210 g/mol. The Morgan fingerprint density at radius 2 is 1.24 bits per heavy atom. The second kappa shape index (κ2) is 4.53. The van der Waals surface area contributed by atoms with E-state index in [9.17, 15) is 0 Å². The van der Waals surface area contributed by atoms with Crippen molar-refractivity contribution in [1.82, 2.24) is 0 Å². The largest absolute Gasteiger partial charge is 0.412 e. The Kier molecular flexibility index (Phi) is 3.09. The van der Waals surface area contributed by atoms with Gasteiger partial charge in [0.15, 0.2) is 0 Å². The van der Waals surface area contributed by atoms with Crippen LogP contribution in [0.1, 0.15) is 5.56 Å². The highest BCUT2D eigenvalue weighted by Crippen LogP contribution is 2.27. The fraction of sp³-hybridized carbons (Fsp3) is 0.0667. The standard InChI is InChI=1S/C15H13N.H2O/c16-10-15-13-7-3-1-5-11(13)9-12-6-2-4-8-14(12)15;/h1-9H,10,16H2;1H2. The van der Waals surface area contributed by atoms with E-state index in [4.69, 9.17) is 5.73 Å². The third-order valence-electron chi connectivity index (χ3n) is 3.09. The molecule has 0 aliphatic heterocycles. The molecule has 0 aliphatic carbocycles. The predicted molar refractivity (Wildman–Crippen MR) is 73.0 cm³/mol. The molecule has 0 amide bonds. The number of hydrogen-bond donors (Lipinski definition) is 1. The summed E-state index contributed by atoms with van der Waals surface area (Å²) in [6.07, 6.45) is 0. The maximum Gasteiger partial charge on any atom is 0.0190 e. The van der Waals surface area contributed by atoms with Gasteiger partial charge in [0.25, 0.3) is 0 Å². The second-order valence-electron chi connectivity index (χ2n) is 4.00. The van der Waals surface area contributed by atoms with Crippen molar-refractivity contribution >= 4 is 21.5 Å². The summed E-state index contributed by atoms with van der Waals surface area (Å²) in [6, 6.07) is 19.1. The van der Waals surface area contributed by atoms with Crippen molar-refractivity contribution in [3.63, 3.8) is 0 Å². The van der Waals surface area contributed by atoms with E-state index in [0.717, 1.165) is 0 Å². The van der Waals surface area contributed by atoms with Crippen LogP contribution in [0.4, 0.5) is 0 Å². The molecule has 0 atom stereocenters. The molecule has 2 nitrogen and oxygen atoms in total. The molecule has 3 aromatic carbocycles. The summed E-state index contributed by atoms with van der Waals surface area (Å²) >= 11 is 0. The van der Waals surface area contributed by atoms with Gasteiger partial charge in [-0.1, -0.05) is 48.5 Å². The minimum atomic E-state index is 0. The molecule has 3 aromatic rings. The normalized spacial score (nSPS) is 10.4. The maximum absolute atomic E-state index is 5.88. The van der Waals surface area contributed by atoms with E-state index in [2.05, 4.69) is 54.6 Å². The molecule has 86 valence electrons. The van der Waals surface area contributed by atoms with Crippen LogP contribution in [0.2, 0.25) is 0 Å². The summed E-state index contributed by atoms with van der Waals surface area (Å²) in [7, 11) is 0. The lowest BCUT2D eigenvalue weighted by Gasteiger charge is -2.09. The molecule has 0 saturated carbocycles. The number of fused-ring (bicyclic) bond motifs is 2. The Morgan fingerprint density at radius 3 is 1.71 bits per heavy atom. The Labute approximate surface area is 100.0 Å². The van der Waals surface area contributed by atoms with Crippen molar-refractivity contribution in [2.75, 3.05) is 0 Å². The highest BCUT2D eigenvalue weighted by Gasteiger charge is 2.04. The summed E-state index contributed by atoms with van der Waals surface area (Å²) in [5.74, 6) is 0. The minimum Gasteiger partial charge on any atom is -0.412 e. The van der Waals surface area contributed by atoms with Gasteiger partial charge in [-0.05, 0) is 33.2 Å². The fourth-order valence-electron chi connectivity index (χ4n) is 2.33. The maximum atomic E-state index is 5.88. The van der Waals surface area contributed by atoms with Gasteiger partial charge in [-0.2, -0.15) is 0 Å². The van der Waals surface area contributed by atoms with Crippen molar-refractivity contribution in [2.24, 2.45) is 5.73 Å². The van der Waals surface area contributed by atoms with Crippen molar-refractivity contribution in [3.05, 3.63) is 60.2 Å². The van der Waals surface area contributed by atoms with Crippen LogP contribution < -0.4 is 5.73 Å². The first-order valence-corrected chi connectivity index (χ1v) is 5.49. The molecule has 2 heteroatoms. The highest BCUT2D eigenvalue weighted by atomic mass is 16.0. The van der Waals surface area contributed by atoms with E-state index in [-0.39, 0.29) is 5.48 Å². The SMILES string of the molecule is NCc1c2ccccc2cc2ccccc12.O. The summed E-state index contributed by atoms with van der Waals surface area (Å²) < 4.78 is 0. The summed E-state index contributed by atoms with van der Waals surface area (Å²) in [6.45, 7) is 0.585. The third-order valence-corrected chi connectivity index (χ3v) is 3.09. The quantitative estimate of drug-likeness (QED) is 0.636. The van der Waals surface area contributed by atoms with E-state index in [1.807, 2.05) is 0 Å². The summed E-state index contributed by atoms with van der Waals surface area (Å²) in [5.41, 5.74) is 7.13. The Balaban J connectivity index is 0.00000108. The summed E-state index contributed by atoms with van der Waals surface area (Å²) in [4.78, 5) is 0. The van der Waals surface area contributed by atoms with E-state index in [1.165, 1.54) is 27.1 Å². The number of rotatable bonds is 1. The van der Waals surface area contributed by atoms with Crippen LogP contribution in [-0.4, -0.2) is 5.48 Å². The van der Waals surface area contributed by atoms with Gasteiger partial charge in [0.2, 0.25) is 0 Å². The van der Waals surface area contributed by atoms with Crippen LogP contribution >= 0.6 is 0 Å². The van der Waals surface area contributed by atoms with Crippen LogP contribution in [0.5, 0.6) is 0 Å². The van der Waals surface area contributed by atoms with Crippen molar-refractivity contribution in [2.45, 2.75) is 6.54 Å². The van der Waals surface area contributed by atoms with E-state index in [1.54, 1.807) is 0 Å². The molecular formula is C15H15NO. The second-order valence-corrected chi connectivity index (χ2v) is 4.00. The van der Waals surface area contributed by atoms with Crippen LogP contribution in [0, 0.1) is 0 Å². The van der Waals surface area contributed by atoms with Crippen molar-refractivity contribution in [3.8, 4) is 0 Å². The monoisotopic (exact) mass is 225 g/mol. The van der Waals surface area contributed by atoms with Gasteiger partial charge in [-0.3, -0.25) is 0 Å². The van der Waals surface area contributed by atoms with Gasteiger partial charge in [-0.15, -0.1) is 0 Å². The summed E-state index contributed by atoms with van der Waals surface area (Å²) in [5, 5.41) is 5.07. The smallest absolute Gasteiger partial charge is 0.0190 e. The molecule has 0 radical (unpaired) electrons. The zero-order chi connectivity index (χ0) is 11.0. The van der Waals surface area contributed by atoms with E-state index < -0.39 is 0 Å². The zero-order valence-corrected chi connectivity index (χ0v) is 9.48. The first-order chi connectivity index (χ1) is 7.90. The molecule has 3 rings (SSSR count). The van der Waals surface area contributed by atoms with Gasteiger partial charge < -0.3 is 11.2 Å². The third kappa shape index (κ3) is 1.78. The Bertz CT molecular complexity index is 607. The number of nitrogens with two attached hydrogens (primary N) is 1. The first-order valence-electron chi connectivity index (χ1n) is 5.49. The van der Waals surface area contributed by atoms with Gasteiger partial charge in [0.1, 0.15) is 0 Å². The average molecular weight is 225 g/mol. The highest BCUT2D eigenvalue weighted by molar-refractivity contribution is 6.02. The van der Waals surface area contributed by atoms with Gasteiger partial charge >= 0.3 is 0 Å². The molecule has 0 fully saturated rings. The van der Waals surface area contributed by atoms with Crippen LogP contribution in [0.3, 0.4) is 0 Å². The molecule has 0 saturated heterocycles. The van der Waals surface area contributed by atoms with Crippen molar-refractivity contribution in [1.29, 1.82) is 0 Å². The average Bonchev–Trinajstić information content (AvgIpc) is 2.36. The predicted octanol–water partition coefficient (Wildman–Crippen LogP) is 2.63. The van der Waals surface area contributed by atoms with Crippen LogP contribution in [0.25, 0.3) is 21.5 Å². The van der Waals surface area contributed by atoms with Crippen LogP contribution in [0.15, 0.2) is 54.6 Å². The number of hydrogen-bond acceptors (Lipinski definition) is 1. The molecule has 0 spiro atoms. The molecule has 0 aliphatic rings. The van der Waals surface area contributed by atoms with Gasteiger partial charge in [0.05, 0.1) is 0 Å². The molecule has 0 aromatic heterocycles. The lowest BCUT2D eigenvalue weighted by Crippen LogP contribution is -1.98. The topological polar surface area (TPSA) is 57.5 Å².